The summed E-state index contributed by atoms with van der Waals surface area (Å²) in [7, 11) is 0. The number of ketones is 1. The number of Topliss-reactive ketones (excluding diaryl/α,β-unsaturated/α-hetero) is 1. The van der Waals surface area contributed by atoms with Crippen LogP contribution in [0.1, 0.15) is 37.7 Å². The molecule has 2 rings (SSSR count). The van der Waals surface area contributed by atoms with Crippen molar-refractivity contribution in [3.8, 4) is 0 Å². The van der Waals surface area contributed by atoms with E-state index in [1.54, 1.807) is 12.4 Å². The van der Waals surface area contributed by atoms with Crippen LogP contribution >= 0.6 is 11.6 Å². The number of rotatable bonds is 3. The van der Waals surface area contributed by atoms with Crippen molar-refractivity contribution in [3.63, 3.8) is 0 Å². The Labute approximate surface area is 101 Å². The van der Waals surface area contributed by atoms with E-state index in [1.165, 1.54) is 19.3 Å². The van der Waals surface area contributed by atoms with Crippen molar-refractivity contribution < 1.29 is 4.79 Å². The summed E-state index contributed by atoms with van der Waals surface area (Å²) in [6.45, 7) is 0. The van der Waals surface area contributed by atoms with E-state index in [9.17, 15) is 4.79 Å². The number of carbonyl (C=O) groups is 1. The van der Waals surface area contributed by atoms with E-state index in [0.717, 1.165) is 18.4 Å². The highest BCUT2D eigenvalue weighted by atomic mass is 35.5. The molecule has 1 aliphatic carbocycles. The van der Waals surface area contributed by atoms with Gasteiger partial charge in [0, 0.05) is 24.7 Å². The van der Waals surface area contributed by atoms with E-state index in [4.69, 9.17) is 11.6 Å². The van der Waals surface area contributed by atoms with Crippen LogP contribution in [-0.4, -0.2) is 10.8 Å². The minimum atomic E-state index is 0.262. The molecule has 86 valence electrons. The van der Waals surface area contributed by atoms with Gasteiger partial charge in [0.15, 0.2) is 0 Å². The first kappa shape index (κ1) is 11.6. The quantitative estimate of drug-likeness (QED) is 0.806. The van der Waals surface area contributed by atoms with Gasteiger partial charge in [-0.3, -0.25) is 9.78 Å². The second kappa shape index (κ2) is 5.44. The maximum Gasteiger partial charge on any atom is 0.140 e. The maximum absolute atomic E-state index is 12.0. The average molecular weight is 238 g/mol. The first-order valence-corrected chi connectivity index (χ1v) is 6.26. The van der Waals surface area contributed by atoms with E-state index < -0.39 is 0 Å². The van der Waals surface area contributed by atoms with Gasteiger partial charge < -0.3 is 0 Å². The standard InChI is InChI=1S/C13H16ClNO/c14-12-9-15-7-6-11(12)8-13(16)10-4-2-1-3-5-10/h6-7,9-10H,1-5,8H2. The lowest BCUT2D eigenvalue weighted by molar-refractivity contribution is -0.123. The number of carbonyl (C=O) groups excluding carboxylic acids is 1. The highest BCUT2D eigenvalue weighted by Gasteiger charge is 2.21. The second-order valence-electron chi connectivity index (χ2n) is 4.45. The summed E-state index contributed by atoms with van der Waals surface area (Å²) in [4.78, 5) is 16.0. The molecule has 0 unspecified atom stereocenters. The molecule has 0 N–H and O–H groups in total. The fourth-order valence-electron chi connectivity index (χ4n) is 2.30. The molecule has 1 heterocycles. The summed E-state index contributed by atoms with van der Waals surface area (Å²) in [5.41, 5.74) is 0.909. The molecule has 0 saturated heterocycles. The summed E-state index contributed by atoms with van der Waals surface area (Å²) < 4.78 is 0. The third-order valence-corrected chi connectivity index (χ3v) is 3.62. The predicted molar refractivity (Wildman–Crippen MR) is 64.5 cm³/mol. The van der Waals surface area contributed by atoms with Crippen LogP contribution in [0.15, 0.2) is 18.5 Å². The van der Waals surface area contributed by atoms with Gasteiger partial charge in [-0.2, -0.15) is 0 Å². The Morgan fingerprint density at radius 2 is 2.12 bits per heavy atom. The monoisotopic (exact) mass is 237 g/mol. The molecular formula is C13H16ClNO. The maximum atomic E-state index is 12.0. The molecule has 0 spiro atoms. The molecule has 2 nitrogen and oxygen atoms in total. The van der Waals surface area contributed by atoms with Crippen LogP contribution in [0, 0.1) is 5.92 Å². The van der Waals surface area contributed by atoms with E-state index in [0.29, 0.717) is 17.2 Å². The van der Waals surface area contributed by atoms with Crippen molar-refractivity contribution in [2.75, 3.05) is 0 Å². The lowest BCUT2D eigenvalue weighted by atomic mass is 9.84. The third kappa shape index (κ3) is 2.82. The molecule has 0 bridgehead atoms. The molecule has 1 saturated carbocycles. The van der Waals surface area contributed by atoms with Gasteiger partial charge in [-0.1, -0.05) is 30.9 Å². The number of halogens is 1. The minimum Gasteiger partial charge on any atom is -0.299 e. The summed E-state index contributed by atoms with van der Waals surface area (Å²) >= 11 is 5.99. The highest BCUT2D eigenvalue weighted by molar-refractivity contribution is 6.31. The van der Waals surface area contributed by atoms with E-state index >= 15 is 0 Å². The van der Waals surface area contributed by atoms with Crippen LogP contribution in [0.4, 0.5) is 0 Å². The summed E-state index contributed by atoms with van der Waals surface area (Å²) in [6, 6.07) is 1.84. The number of hydrogen-bond donors (Lipinski definition) is 0. The molecule has 1 aliphatic rings. The molecule has 0 aromatic carbocycles. The van der Waals surface area contributed by atoms with E-state index in [2.05, 4.69) is 4.98 Å². The largest absolute Gasteiger partial charge is 0.299 e. The van der Waals surface area contributed by atoms with Crippen molar-refractivity contribution >= 4 is 17.4 Å². The van der Waals surface area contributed by atoms with E-state index in [-0.39, 0.29) is 5.92 Å². The van der Waals surface area contributed by atoms with Crippen LogP contribution in [-0.2, 0) is 11.2 Å². The van der Waals surface area contributed by atoms with Gasteiger partial charge in [-0.25, -0.2) is 0 Å². The molecule has 1 aromatic heterocycles. The van der Waals surface area contributed by atoms with Crippen LogP contribution in [0.25, 0.3) is 0 Å². The van der Waals surface area contributed by atoms with Gasteiger partial charge in [-0.15, -0.1) is 0 Å². The number of nitrogens with zero attached hydrogens (tertiary/aromatic N) is 1. The van der Waals surface area contributed by atoms with Crippen molar-refractivity contribution in [2.45, 2.75) is 38.5 Å². The Morgan fingerprint density at radius 1 is 1.38 bits per heavy atom. The van der Waals surface area contributed by atoms with Crippen LogP contribution in [0.3, 0.4) is 0 Å². The Hall–Kier alpha value is -0.890. The molecule has 0 radical (unpaired) electrons. The first-order chi connectivity index (χ1) is 7.77. The number of pyridine rings is 1. The normalized spacial score (nSPS) is 17.3. The molecule has 1 fully saturated rings. The summed E-state index contributed by atoms with van der Waals surface area (Å²) in [5, 5.41) is 0.603. The molecule has 0 aliphatic heterocycles. The molecule has 0 amide bonds. The summed E-state index contributed by atoms with van der Waals surface area (Å²) in [6.07, 6.45) is 9.54. The van der Waals surface area contributed by atoms with Gasteiger partial charge >= 0.3 is 0 Å². The van der Waals surface area contributed by atoms with Gasteiger partial charge in [0.2, 0.25) is 0 Å². The van der Waals surface area contributed by atoms with Gasteiger partial charge in [0.05, 0.1) is 5.02 Å². The van der Waals surface area contributed by atoms with E-state index in [1.807, 2.05) is 6.07 Å². The average Bonchev–Trinajstić information content (AvgIpc) is 2.33. The Bertz CT molecular complexity index is 372. The zero-order chi connectivity index (χ0) is 11.4. The zero-order valence-corrected chi connectivity index (χ0v) is 10.0. The smallest absolute Gasteiger partial charge is 0.140 e. The van der Waals surface area contributed by atoms with Gasteiger partial charge in [0.1, 0.15) is 5.78 Å². The Morgan fingerprint density at radius 3 is 2.81 bits per heavy atom. The van der Waals surface area contributed by atoms with Gasteiger partial charge in [0.25, 0.3) is 0 Å². The number of aromatic nitrogens is 1. The van der Waals surface area contributed by atoms with Crippen LogP contribution < -0.4 is 0 Å². The highest BCUT2D eigenvalue weighted by Crippen LogP contribution is 2.26. The number of hydrogen-bond acceptors (Lipinski definition) is 2. The third-order valence-electron chi connectivity index (χ3n) is 3.28. The zero-order valence-electron chi connectivity index (χ0n) is 9.29. The Balaban J connectivity index is 1.99. The fourth-order valence-corrected chi connectivity index (χ4v) is 2.49. The fraction of sp³-hybridized carbons (Fsp3) is 0.538. The lowest BCUT2D eigenvalue weighted by Gasteiger charge is -2.20. The molecular weight excluding hydrogens is 222 g/mol. The minimum absolute atomic E-state index is 0.262. The van der Waals surface area contributed by atoms with Crippen LogP contribution in [0.2, 0.25) is 5.02 Å². The lowest BCUT2D eigenvalue weighted by Crippen LogP contribution is -2.19. The predicted octanol–water partition coefficient (Wildman–Crippen LogP) is 3.43. The topological polar surface area (TPSA) is 30.0 Å². The molecule has 0 atom stereocenters. The molecule has 16 heavy (non-hydrogen) atoms. The van der Waals surface area contributed by atoms with Crippen molar-refractivity contribution in [2.24, 2.45) is 5.92 Å². The van der Waals surface area contributed by atoms with Crippen molar-refractivity contribution in [1.29, 1.82) is 0 Å². The van der Waals surface area contributed by atoms with Crippen LogP contribution in [0.5, 0.6) is 0 Å². The van der Waals surface area contributed by atoms with Gasteiger partial charge in [-0.05, 0) is 24.5 Å². The SMILES string of the molecule is O=C(Cc1ccncc1Cl)C1CCCCC1. The second-order valence-corrected chi connectivity index (χ2v) is 4.85. The summed E-state index contributed by atoms with van der Waals surface area (Å²) in [5.74, 6) is 0.603. The first-order valence-electron chi connectivity index (χ1n) is 5.88. The molecule has 1 aromatic rings. The van der Waals surface area contributed by atoms with Crippen molar-refractivity contribution in [3.05, 3.63) is 29.0 Å². The Kier molecular flexibility index (Phi) is 3.94. The molecule has 3 heteroatoms. The van der Waals surface area contributed by atoms with Crippen molar-refractivity contribution in [1.82, 2.24) is 4.98 Å².